The Bertz CT molecular complexity index is 337. The zero-order chi connectivity index (χ0) is 11.7. The minimum atomic E-state index is 0.440. The number of hydrogen-bond donors (Lipinski definition) is 0. The van der Waals surface area contributed by atoms with E-state index in [0.717, 1.165) is 24.0 Å². The highest BCUT2D eigenvalue weighted by Crippen LogP contribution is 2.23. The number of rotatable bonds is 4. The van der Waals surface area contributed by atoms with E-state index in [1.165, 1.54) is 13.1 Å². The molecule has 0 aliphatic carbocycles. The molecule has 1 saturated heterocycles. The van der Waals surface area contributed by atoms with E-state index in [1.54, 1.807) is 0 Å². The summed E-state index contributed by atoms with van der Waals surface area (Å²) in [5.41, 5.74) is 0. The predicted octanol–water partition coefficient (Wildman–Crippen LogP) is 2.68. The number of hydrogen-bond acceptors (Lipinski definition) is 3. The van der Waals surface area contributed by atoms with Gasteiger partial charge in [0, 0.05) is 31.5 Å². The maximum Gasteiger partial charge on any atom is 0.194 e. The lowest BCUT2D eigenvalue weighted by molar-refractivity contribution is 0.0640. The Morgan fingerprint density at radius 2 is 2.06 bits per heavy atom. The lowest BCUT2D eigenvalue weighted by Crippen LogP contribution is -2.50. The third-order valence-electron chi connectivity index (χ3n) is 3.32. The third kappa shape index (κ3) is 2.46. The van der Waals surface area contributed by atoms with E-state index in [-0.39, 0.29) is 0 Å². The molecule has 0 saturated carbocycles. The fraction of sp³-hybridized carbons (Fsp3) is 0.769. The Kier molecular flexibility index (Phi) is 3.33. The summed E-state index contributed by atoms with van der Waals surface area (Å²) in [6.07, 6.45) is 2.87. The van der Waals surface area contributed by atoms with Crippen molar-refractivity contribution in [1.29, 1.82) is 0 Å². The Balaban J connectivity index is 1.82. The molecule has 0 aromatic carbocycles. The predicted molar refractivity (Wildman–Crippen MR) is 64.5 cm³/mol. The number of nitrogens with zero attached hydrogens (tertiary/aromatic N) is 2. The largest absolute Gasteiger partial charge is 0.445 e. The van der Waals surface area contributed by atoms with Crippen molar-refractivity contribution < 1.29 is 4.42 Å². The van der Waals surface area contributed by atoms with E-state index in [0.29, 0.717) is 12.0 Å². The van der Waals surface area contributed by atoms with E-state index < -0.39 is 0 Å². The van der Waals surface area contributed by atoms with Gasteiger partial charge in [-0.1, -0.05) is 13.8 Å². The molecule has 0 radical (unpaired) electrons. The average Bonchev–Trinajstić information content (AvgIpc) is 2.58. The zero-order valence-corrected chi connectivity index (χ0v) is 10.7. The Hall–Kier alpha value is -0.830. The Morgan fingerprint density at radius 1 is 1.38 bits per heavy atom. The Morgan fingerprint density at radius 3 is 2.56 bits per heavy atom. The molecule has 0 N–H and O–H groups in total. The van der Waals surface area contributed by atoms with Crippen LogP contribution in [-0.4, -0.2) is 29.0 Å². The summed E-state index contributed by atoms with van der Waals surface area (Å²) in [6.45, 7) is 11.1. The van der Waals surface area contributed by atoms with E-state index in [4.69, 9.17) is 4.42 Å². The fourth-order valence-electron chi connectivity index (χ4n) is 2.09. The highest BCUT2D eigenvalue weighted by Gasteiger charge is 2.29. The van der Waals surface area contributed by atoms with E-state index in [2.05, 4.69) is 37.6 Å². The smallest absolute Gasteiger partial charge is 0.194 e. The van der Waals surface area contributed by atoms with Crippen LogP contribution in [0.4, 0.5) is 0 Å². The number of likely N-dealkylation sites (tertiary alicyclic amines) is 1. The maximum atomic E-state index is 5.72. The van der Waals surface area contributed by atoms with Crippen LogP contribution in [0.15, 0.2) is 10.6 Å². The SMILES string of the molecule is CC(C)c1cnc(CC2CN(C(C)C)C2)o1. The zero-order valence-electron chi connectivity index (χ0n) is 10.7. The van der Waals surface area contributed by atoms with Crippen LogP contribution < -0.4 is 0 Å². The van der Waals surface area contributed by atoms with Gasteiger partial charge in [0.05, 0.1) is 6.20 Å². The standard InChI is InChI=1S/C13H22N2O/c1-9(2)12-6-14-13(16-12)5-11-7-15(8-11)10(3)4/h6,9-11H,5,7-8H2,1-4H3. The first-order valence-corrected chi connectivity index (χ1v) is 6.25. The lowest BCUT2D eigenvalue weighted by atomic mass is 9.95. The van der Waals surface area contributed by atoms with Crippen LogP contribution in [0.2, 0.25) is 0 Å². The molecule has 1 aromatic heterocycles. The van der Waals surface area contributed by atoms with Crippen molar-refractivity contribution in [1.82, 2.24) is 9.88 Å². The van der Waals surface area contributed by atoms with Crippen molar-refractivity contribution in [2.45, 2.75) is 46.1 Å². The first-order chi connectivity index (χ1) is 7.56. The highest BCUT2D eigenvalue weighted by molar-refractivity contribution is 5.00. The van der Waals surface area contributed by atoms with Crippen molar-refractivity contribution in [3.8, 4) is 0 Å². The molecule has 1 aliphatic rings. The highest BCUT2D eigenvalue weighted by atomic mass is 16.4. The van der Waals surface area contributed by atoms with Crippen LogP contribution in [-0.2, 0) is 6.42 Å². The molecule has 0 unspecified atom stereocenters. The molecular formula is C13H22N2O. The van der Waals surface area contributed by atoms with Crippen molar-refractivity contribution in [2.24, 2.45) is 5.92 Å². The van der Waals surface area contributed by atoms with Gasteiger partial charge >= 0.3 is 0 Å². The molecule has 1 aliphatic heterocycles. The van der Waals surface area contributed by atoms with Crippen molar-refractivity contribution in [2.75, 3.05) is 13.1 Å². The molecule has 1 fully saturated rings. The molecule has 0 atom stereocenters. The van der Waals surface area contributed by atoms with E-state index in [1.807, 2.05) is 6.20 Å². The summed E-state index contributed by atoms with van der Waals surface area (Å²) in [5.74, 6) is 3.10. The average molecular weight is 222 g/mol. The molecule has 2 heterocycles. The van der Waals surface area contributed by atoms with Gasteiger partial charge in [0.2, 0.25) is 0 Å². The van der Waals surface area contributed by atoms with E-state index >= 15 is 0 Å². The van der Waals surface area contributed by atoms with Gasteiger partial charge in [-0.15, -0.1) is 0 Å². The first-order valence-electron chi connectivity index (χ1n) is 6.25. The quantitative estimate of drug-likeness (QED) is 0.784. The van der Waals surface area contributed by atoms with Crippen molar-refractivity contribution >= 4 is 0 Å². The maximum absolute atomic E-state index is 5.72. The summed E-state index contributed by atoms with van der Waals surface area (Å²) in [4.78, 5) is 6.83. The second-order valence-electron chi connectivity index (χ2n) is 5.43. The van der Waals surface area contributed by atoms with Gasteiger partial charge in [0.15, 0.2) is 5.89 Å². The minimum Gasteiger partial charge on any atom is -0.445 e. The molecular weight excluding hydrogens is 200 g/mol. The van der Waals surface area contributed by atoms with Gasteiger partial charge in [-0.05, 0) is 19.8 Å². The summed E-state index contributed by atoms with van der Waals surface area (Å²) >= 11 is 0. The molecule has 0 amide bonds. The lowest BCUT2D eigenvalue weighted by Gasteiger charge is -2.41. The molecule has 90 valence electrons. The number of oxazole rings is 1. The molecule has 0 bridgehead atoms. The van der Waals surface area contributed by atoms with Gasteiger partial charge in [-0.3, -0.25) is 0 Å². The van der Waals surface area contributed by atoms with Crippen LogP contribution in [0.1, 0.15) is 45.3 Å². The summed E-state index contributed by atoms with van der Waals surface area (Å²) < 4.78 is 5.72. The topological polar surface area (TPSA) is 29.3 Å². The van der Waals surface area contributed by atoms with Gasteiger partial charge in [0.1, 0.15) is 5.76 Å². The molecule has 1 aromatic rings. The molecule has 2 rings (SSSR count). The van der Waals surface area contributed by atoms with Crippen LogP contribution in [0.25, 0.3) is 0 Å². The van der Waals surface area contributed by atoms with Gasteiger partial charge < -0.3 is 9.32 Å². The van der Waals surface area contributed by atoms with Crippen molar-refractivity contribution in [3.05, 3.63) is 17.8 Å². The van der Waals surface area contributed by atoms with Crippen LogP contribution in [0, 0.1) is 5.92 Å². The monoisotopic (exact) mass is 222 g/mol. The normalized spacial score (nSPS) is 18.4. The fourth-order valence-corrected chi connectivity index (χ4v) is 2.09. The summed E-state index contributed by atoms with van der Waals surface area (Å²) in [7, 11) is 0. The number of aromatic nitrogens is 1. The second kappa shape index (κ2) is 4.58. The Labute approximate surface area is 97.8 Å². The second-order valence-corrected chi connectivity index (χ2v) is 5.43. The van der Waals surface area contributed by atoms with Gasteiger partial charge in [-0.25, -0.2) is 4.98 Å². The molecule has 16 heavy (non-hydrogen) atoms. The molecule has 3 nitrogen and oxygen atoms in total. The van der Waals surface area contributed by atoms with Crippen LogP contribution in [0.5, 0.6) is 0 Å². The summed E-state index contributed by atoms with van der Waals surface area (Å²) in [6, 6.07) is 0.673. The van der Waals surface area contributed by atoms with Crippen LogP contribution >= 0.6 is 0 Å². The summed E-state index contributed by atoms with van der Waals surface area (Å²) in [5, 5.41) is 0. The van der Waals surface area contributed by atoms with Crippen molar-refractivity contribution in [3.63, 3.8) is 0 Å². The van der Waals surface area contributed by atoms with Gasteiger partial charge in [-0.2, -0.15) is 0 Å². The minimum absolute atomic E-state index is 0.440. The molecule has 0 spiro atoms. The molecule has 3 heteroatoms. The third-order valence-corrected chi connectivity index (χ3v) is 3.32. The van der Waals surface area contributed by atoms with E-state index in [9.17, 15) is 0 Å². The first kappa shape index (κ1) is 11.6. The van der Waals surface area contributed by atoms with Gasteiger partial charge in [0.25, 0.3) is 0 Å². The van der Waals surface area contributed by atoms with Crippen LogP contribution in [0.3, 0.4) is 0 Å².